The van der Waals surface area contributed by atoms with E-state index in [-0.39, 0.29) is 17.1 Å². The van der Waals surface area contributed by atoms with Gasteiger partial charge in [-0.1, -0.05) is 104 Å². The summed E-state index contributed by atoms with van der Waals surface area (Å²) in [5, 5.41) is 10.7. The number of rotatable bonds is 13. The second-order valence-corrected chi connectivity index (χ2v) is 15.7. The number of phenols is 1. The van der Waals surface area contributed by atoms with Crippen molar-refractivity contribution in [2.75, 3.05) is 13.7 Å². The molecule has 1 heterocycles. The Hall–Kier alpha value is -4.26. The fourth-order valence-electron chi connectivity index (χ4n) is 6.50. The lowest BCUT2D eigenvalue weighted by Gasteiger charge is -2.31. The van der Waals surface area contributed by atoms with Crippen molar-refractivity contribution in [2.45, 2.75) is 81.1 Å². The Balaban J connectivity index is 1.54. The molecule has 4 aromatic rings. The summed E-state index contributed by atoms with van der Waals surface area (Å²) >= 11 is 0. The van der Waals surface area contributed by atoms with Crippen LogP contribution in [0.15, 0.2) is 72.8 Å². The predicted octanol–water partition coefficient (Wildman–Crippen LogP) is 10.3. The maximum atomic E-state index is 13.3. The van der Waals surface area contributed by atoms with Gasteiger partial charge in [0.1, 0.15) is 11.5 Å². The monoisotopic (exact) mass is 651 g/mol. The fourth-order valence-corrected chi connectivity index (χ4v) is 6.50. The van der Waals surface area contributed by atoms with E-state index in [1.54, 1.807) is 31.4 Å². The first-order chi connectivity index (χ1) is 22.6. The van der Waals surface area contributed by atoms with Crippen LogP contribution in [0.2, 0.25) is 0 Å². The highest BCUT2D eigenvalue weighted by Gasteiger charge is 2.26. The van der Waals surface area contributed by atoms with Crippen molar-refractivity contribution in [3.63, 3.8) is 0 Å². The summed E-state index contributed by atoms with van der Waals surface area (Å²) in [6.07, 6.45) is 4.41. The molecule has 256 valence electrons. The van der Waals surface area contributed by atoms with Crippen molar-refractivity contribution in [1.29, 1.82) is 0 Å². The standard InChI is InChI=1S/C41H53N3O4/c1-27(24-40(3,4)5)15-16-32(28(2)25-41(6,7)8)26-48-39(46)31-19-17-30(18-20-31)37-42-36(29-13-11-10-12-14-29)43-38(44-37)34-22-21-33(47-9)23-35(34)45/h10-14,17-23,27-28,32,45H,15-16,24-26H2,1-9H3. The molecule has 0 aliphatic rings. The van der Waals surface area contributed by atoms with Crippen LogP contribution in [0.5, 0.6) is 11.5 Å². The van der Waals surface area contributed by atoms with Crippen molar-refractivity contribution >= 4 is 5.97 Å². The zero-order valence-electron chi connectivity index (χ0n) is 30.2. The third kappa shape index (κ3) is 10.6. The van der Waals surface area contributed by atoms with Crippen LogP contribution in [0.25, 0.3) is 34.2 Å². The summed E-state index contributed by atoms with van der Waals surface area (Å²) < 4.78 is 11.2. The number of methoxy groups -OCH3 is 1. The van der Waals surface area contributed by atoms with Crippen LogP contribution in [0.3, 0.4) is 0 Å². The van der Waals surface area contributed by atoms with Crippen LogP contribution < -0.4 is 4.74 Å². The number of carbonyl (C=O) groups is 1. The summed E-state index contributed by atoms with van der Waals surface area (Å²) in [6.45, 7) is 18.7. The highest BCUT2D eigenvalue weighted by molar-refractivity contribution is 5.90. The zero-order valence-corrected chi connectivity index (χ0v) is 30.2. The Morgan fingerprint density at radius 2 is 1.33 bits per heavy atom. The highest BCUT2D eigenvalue weighted by atomic mass is 16.5. The van der Waals surface area contributed by atoms with Gasteiger partial charge >= 0.3 is 5.97 Å². The van der Waals surface area contributed by atoms with E-state index in [9.17, 15) is 9.90 Å². The average Bonchev–Trinajstić information content (AvgIpc) is 3.03. The second kappa shape index (κ2) is 15.8. The molecule has 0 aliphatic carbocycles. The Labute approximate surface area is 287 Å². The van der Waals surface area contributed by atoms with E-state index >= 15 is 0 Å². The van der Waals surface area contributed by atoms with Gasteiger partial charge in [0.2, 0.25) is 0 Å². The lowest BCUT2D eigenvalue weighted by Crippen LogP contribution is -2.25. The van der Waals surface area contributed by atoms with Crippen molar-refractivity contribution in [1.82, 2.24) is 15.0 Å². The van der Waals surface area contributed by atoms with E-state index in [0.717, 1.165) is 24.8 Å². The fraction of sp³-hybridized carbons (Fsp3) is 0.463. The maximum Gasteiger partial charge on any atom is 0.338 e. The number of carbonyl (C=O) groups excluding carboxylic acids is 1. The molecule has 0 amide bonds. The molecular weight excluding hydrogens is 598 g/mol. The Morgan fingerprint density at radius 1 is 0.750 bits per heavy atom. The van der Waals surface area contributed by atoms with Gasteiger partial charge in [0.25, 0.3) is 0 Å². The van der Waals surface area contributed by atoms with Gasteiger partial charge in [-0.25, -0.2) is 19.7 Å². The topological polar surface area (TPSA) is 94.4 Å². The molecule has 0 saturated heterocycles. The average molecular weight is 652 g/mol. The van der Waals surface area contributed by atoms with Crippen LogP contribution in [0.1, 0.15) is 91.4 Å². The van der Waals surface area contributed by atoms with Crippen LogP contribution in [-0.2, 0) is 4.74 Å². The first-order valence-electron chi connectivity index (χ1n) is 17.1. The van der Waals surface area contributed by atoms with Crippen molar-refractivity contribution in [3.8, 4) is 45.7 Å². The van der Waals surface area contributed by atoms with Gasteiger partial charge in [-0.2, -0.15) is 0 Å². The van der Waals surface area contributed by atoms with Gasteiger partial charge in [-0.05, 0) is 72.1 Å². The number of nitrogens with zero attached hydrogens (tertiary/aromatic N) is 3. The van der Waals surface area contributed by atoms with E-state index in [1.165, 1.54) is 12.5 Å². The Bertz CT molecular complexity index is 1640. The molecule has 7 heteroatoms. The quantitative estimate of drug-likeness (QED) is 0.144. The molecule has 0 saturated carbocycles. The molecule has 1 N–H and O–H groups in total. The third-order valence-corrected chi connectivity index (χ3v) is 8.65. The number of hydrogen-bond donors (Lipinski definition) is 1. The van der Waals surface area contributed by atoms with Gasteiger partial charge in [0.15, 0.2) is 17.5 Å². The van der Waals surface area contributed by atoms with Crippen LogP contribution in [-0.4, -0.2) is 39.7 Å². The Kier molecular flexibility index (Phi) is 12.0. The first kappa shape index (κ1) is 36.6. The number of phenolic OH excluding ortho intramolecular Hbond substituents is 1. The van der Waals surface area contributed by atoms with Gasteiger partial charge in [0.05, 0.1) is 24.8 Å². The van der Waals surface area contributed by atoms with E-state index in [1.807, 2.05) is 42.5 Å². The molecule has 48 heavy (non-hydrogen) atoms. The molecule has 3 aromatic carbocycles. The van der Waals surface area contributed by atoms with Crippen molar-refractivity contribution in [3.05, 3.63) is 78.4 Å². The minimum Gasteiger partial charge on any atom is -0.507 e. The predicted molar refractivity (Wildman–Crippen MR) is 194 cm³/mol. The van der Waals surface area contributed by atoms with E-state index in [0.29, 0.717) is 69.7 Å². The molecule has 4 rings (SSSR count). The molecule has 0 bridgehead atoms. The van der Waals surface area contributed by atoms with E-state index in [2.05, 4.69) is 60.4 Å². The number of ether oxygens (including phenoxy) is 2. The van der Waals surface area contributed by atoms with Crippen LogP contribution in [0, 0.1) is 28.6 Å². The summed E-state index contributed by atoms with van der Waals surface area (Å²) in [5.41, 5.74) is 2.97. The minimum atomic E-state index is -0.332. The number of benzene rings is 3. The molecule has 3 unspecified atom stereocenters. The smallest absolute Gasteiger partial charge is 0.338 e. The first-order valence-corrected chi connectivity index (χ1v) is 17.1. The Morgan fingerprint density at radius 3 is 1.90 bits per heavy atom. The molecule has 7 nitrogen and oxygen atoms in total. The number of aromatic hydroxyl groups is 1. The van der Waals surface area contributed by atoms with Gasteiger partial charge in [-0.3, -0.25) is 0 Å². The normalized spacial score (nSPS) is 13.9. The van der Waals surface area contributed by atoms with Crippen LogP contribution in [0.4, 0.5) is 0 Å². The molecular formula is C41H53N3O4. The highest BCUT2D eigenvalue weighted by Crippen LogP contribution is 2.35. The molecule has 0 fully saturated rings. The summed E-state index contributed by atoms with van der Waals surface area (Å²) in [6, 6.07) is 21.8. The van der Waals surface area contributed by atoms with Gasteiger partial charge in [0, 0.05) is 17.2 Å². The van der Waals surface area contributed by atoms with E-state index in [4.69, 9.17) is 19.4 Å². The van der Waals surface area contributed by atoms with Gasteiger partial charge < -0.3 is 14.6 Å². The summed E-state index contributed by atoms with van der Waals surface area (Å²) in [7, 11) is 1.55. The molecule has 3 atom stereocenters. The third-order valence-electron chi connectivity index (χ3n) is 8.65. The van der Waals surface area contributed by atoms with E-state index < -0.39 is 0 Å². The lowest BCUT2D eigenvalue weighted by atomic mass is 9.76. The molecule has 0 aliphatic heterocycles. The van der Waals surface area contributed by atoms with Crippen molar-refractivity contribution < 1.29 is 19.4 Å². The summed E-state index contributed by atoms with van der Waals surface area (Å²) in [5.74, 6) is 2.77. The summed E-state index contributed by atoms with van der Waals surface area (Å²) in [4.78, 5) is 27.5. The second-order valence-electron chi connectivity index (χ2n) is 15.7. The van der Waals surface area contributed by atoms with Crippen molar-refractivity contribution in [2.24, 2.45) is 28.6 Å². The van der Waals surface area contributed by atoms with Crippen LogP contribution >= 0.6 is 0 Å². The zero-order chi connectivity index (χ0) is 35.1. The largest absolute Gasteiger partial charge is 0.507 e. The number of esters is 1. The lowest BCUT2D eigenvalue weighted by molar-refractivity contribution is 0.0356. The molecule has 0 spiro atoms. The van der Waals surface area contributed by atoms with Gasteiger partial charge in [-0.15, -0.1) is 0 Å². The minimum absolute atomic E-state index is 0.00221. The number of aromatic nitrogens is 3. The molecule has 1 aromatic heterocycles. The number of hydrogen-bond acceptors (Lipinski definition) is 7. The maximum absolute atomic E-state index is 13.3. The SMILES string of the molecule is COc1ccc(-c2nc(-c3ccccc3)nc(-c3ccc(C(=O)OCC(CCC(C)CC(C)(C)C)C(C)CC(C)(C)C)cc3)n2)c(O)c1. The molecule has 0 radical (unpaired) electrons.